The van der Waals surface area contributed by atoms with Crippen LogP contribution in [0.3, 0.4) is 0 Å². The summed E-state index contributed by atoms with van der Waals surface area (Å²) >= 11 is 0. The average molecular weight is 322 g/mol. The van der Waals surface area contributed by atoms with Crippen molar-refractivity contribution in [3.05, 3.63) is 28.3 Å². The molecule has 0 amide bonds. The highest BCUT2D eigenvalue weighted by Gasteiger charge is 2.42. The Morgan fingerprint density at radius 2 is 2.04 bits per heavy atom. The van der Waals surface area contributed by atoms with Crippen molar-refractivity contribution < 1.29 is 18.0 Å². The molecule has 2 heterocycles. The van der Waals surface area contributed by atoms with Gasteiger partial charge >= 0.3 is 6.18 Å². The molecule has 0 aliphatic carbocycles. The lowest BCUT2D eigenvalue weighted by atomic mass is 9.85. The SMILES string of the molecule is CC(C)c1c2c(c3c(c1C(F)(F)F)N=C(C=O)C3)C=CCN2C. The lowest BCUT2D eigenvalue weighted by Crippen LogP contribution is -2.25. The highest BCUT2D eigenvalue weighted by atomic mass is 19.4. The zero-order chi connectivity index (χ0) is 16.9. The van der Waals surface area contributed by atoms with Crippen LogP contribution in [0.2, 0.25) is 0 Å². The van der Waals surface area contributed by atoms with E-state index in [1.807, 2.05) is 17.1 Å². The van der Waals surface area contributed by atoms with E-state index in [-0.39, 0.29) is 29.3 Å². The van der Waals surface area contributed by atoms with Crippen LogP contribution >= 0.6 is 0 Å². The average Bonchev–Trinajstić information content (AvgIpc) is 2.88. The third kappa shape index (κ3) is 2.36. The van der Waals surface area contributed by atoms with Gasteiger partial charge in [-0.1, -0.05) is 26.0 Å². The third-order valence-electron chi connectivity index (χ3n) is 4.28. The molecule has 0 radical (unpaired) electrons. The van der Waals surface area contributed by atoms with Gasteiger partial charge in [-0.05, 0) is 17.0 Å². The van der Waals surface area contributed by atoms with E-state index < -0.39 is 11.7 Å². The number of aldehydes is 1. The van der Waals surface area contributed by atoms with Crippen molar-refractivity contribution in [3.8, 4) is 0 Å². The largest absolute Gasteiger partial charge is 0.418 e. The van der Waals surface area contributed by atoms with Gasteiger partial charge < -0.3 is 4.90 Å². The molecular weight excluding hydrogens is 305 g/mol. The summed E-state index contributed by atoms with van der Waals surface area (Å²) < 4.78 is 41.4. The van der Waals surface area contributed by atoms with Crippen LogP contribution < -0.4 is 4.90 Å². The number of carbonyl (C=O) groups is 1. The molecule has 0 atom stereocenters. The number of likely N-dealkylation sites (N-methyl/N-ethyl adjacent to an activating group) is 1. The van der Waals surface area contributed by atoms with E-state index in [9.17, 15) is 18.0 Å². The molecule has 2 aliphatic rings. The maximum atomic E-state index is 13.8. The Morgan fingerprint density at radius 3 is 2.61 bits per heavy atom. The first-order valence-electron chi connectivity index (χ1n) is 7.46. The van der Waals surface area contributed by atoms with Crippen LogP contribution in [0.15, 0.2) is 11.1 Å². The molecule has 0 unspecified atom stereocenters. The van der Waals surface area contributed by atoms with Crippen molar-refractivity contribution in [1.82, 2.24) is 0 Å². The molecular formula is C17H17F3N2O. The van der Waals surface area contributed by atoms with E-state index in [2.05, 4.69) is 4.99 Å². The van der Waals surface area contributed by atoms with E-state index >= 15 is 0 Å². The molecule has 0 bridgehead atoms. The molecule has 1 aromatic carbocycles. The predicted molar refractivity (Wildman–Crippen MR) is 84.7 cm³/mol. The Bertz CT molecular complexity index is 745. The maximum Gasteiger partial charge on any atom is 0.418 e. The summed E-state index contributed by atoms with van der Waals surface area (Å²) in [5.41, 5.74) is 1.50. The fourth-order valence-electron chi connectivity index (χ4n) is 3.41. The van der Waals surface area contributed by atoms with Crippen molar-refractivity contribution >= 4 is 29.4 Å². The van der Waals surface area contributed by atoms with Gasteiger partial charge in [-0.3, -0.25) is 4.79 Å². The van der Waals surface area contributed by atoms with Gasteiger partial charge in [0, 0.05) is 31.3 Å². The molecule has 2 aliphatic heterocycles. The fourth-order valence-corrected chi connectivity index (χ4v) is 3.41. The van der Waals surface area contributed by atoms with E-state index in [1.165, 1.54) is 0 Å². The summed E-state index contributed by atoms with van der Waals surface area (Å²) in [4.78, 5) is 16.9. The van der Waals surface area contributed by atoms with Gasteiger partial charge in [0.05, 0.1) is 17.0 Å². The second-order valence-corrected chi connectivity index (χ2v) is 6.21. The van der Waals surface area contributed by atoms with Crippen molar-refractivity contribution in [2.24, 2.45) is 4.99 Å². The molecule has 1 aromatic rings. The van der Waals surface area contributed by atoms with Crippen LogP contribution in [0.25, 0.3) is 6.08 Å². The molecule has 6 heteroatoms. The van der Waals surface area contributed by atoms with Crippen LogP contribution in [-0.4, -0.2) is 25.6 Å². The van der Waals surface area contributed by atoms with Crippen molar-refractivity contribution in [2.75, 3.05) is 18.5 Å². The molecule has 122 valence electrons. The zero-order valence-corrected chi connectivity index (χ0v) is 13.2. The highest BCUT2D eigenvalue weighted by molar-refractivity contribution is 6.31. The van der Waals surface area contributed by atoms with Crippen molar-refractivity contribution in [1.29, 1.82) is 0 Å². The summed E-state index contributed by atoms with van der Waals surface area (Å²) in [6, 6.07) is 0. The van der Waals surface area contributed by atoms with Gasteiger partial charge in [0.15, 0.2) is 6.29 Å². The van der Waals surface area contributed by atoms with E-state index in [0.717, 1.165) is 5.56 Å². The number of benzene rings is 1. The standard InChI is InChI=1S/C17H17F3N2O/c1-9(2)13-14(17(18,19)20)15-12(7-10(8-23)21-15)11-5-4-6-22(3)16(11)13/h4-5,8-9H,6-7H2,1-3H3. The lowest BCUT2D eigenvalue weighted by Gasteiger charge is -2.32. The van der Waals surface area contributed by atoms with Crippen LogP contribution in [0.1, 0.15) is 42.0 Å². The molecule has 0 aromatic heterocycles. The van der Waals surface area contributed by atoms with Crippen LogP contribution in [0.5, 0.6) is 0 Å². The Labute approximate surface area is 132 Å². The monoisotopic (exact) mass is 322 g/mol. The minimum absolute atomic E-state index is 0.0815. The summed E-state index contributed by atoms with van der Waals surface area (Å²) in [6.07, 6.45) is -0.0520. The number of nitrogens with zero attached hydrogens (tertiary/aromatic N) is 2. The number of halogens is 3. The van der Waals surface area contributed by atoms with Gasteiger partial charge in [-0.15, -0.1) is 0 Å². The lowest BCUT2D eigenvalue weighted by molar-refractivity contribution is -0.137. The van der Waals surface area contributed by atoms with Crippen molar-refractivity contribution in [3.63, 3.8) is 0 Å². The first-order valence-corrected chi connectivity index (χ1v) is 7.46. The first kappa shape index (κ1) is 15.8. The predicted octanol–water partition coefficient (Wildman–Crippen LogP) is 4.12. The van der Waals surface area contributed by atoms with Gasteiger partial charge in [0.25, 0.3) is 0 Å². The summed E-state index contributed by atoms with van der Waals surface area (Å²) in [6.45, 7) is 4.07. The number of hydrogen-bond donors (Lipinski definition) is 0. The maximum absolute atomic E-state index is 13.8. The molecule has 0 spiro atoms. The van der Waals surface area contributed by atoms with Gasteiger partial charge in [0.1, 0.15) is 0 Å². The quantitative estimate of drug-likeness (QED) is 0.767. The van der Waals surface area contributed by atoms with Gasteiger partial charge in [-0.2, -0.15) is 13.2 Å². The van der Waals surface area contributed by atoms with Crippen LogP contribution in [-0.2, 0) is 17.4 Å². The number of rotatable bonds is 2. The number of fused-ring (bicyclic) bond motifs is 3. The van der Waals surface area contributed by atoms with Crippen LogP contribution in [0.4, 0.5) is 24.5 Å². The molecule has 3 nitrogen and oxygen atoms in total. The van der Waals surface area contributed by atoms with Gasteiger partial charge in [-0.25, -0.2) is 4.99 Å². The minimum Gasteiger partial charge on any atom is -0.370 e. The first-order chi connectivity index (χ1) is 10.8. The Balaban J connectivity index is 2.45. The fraction of sp³-hybridized carbons (Fsp3) is 0.412. The third-order valence-corrected chi connectivity index (χ3v) is 4.28. The molecule has 0 saturated carbocycles. The molecule has 0 N–H and O–H groups in total. The van der Waals surface area contributed by atoms with E-state index in [0.29, 0.717) is 24.1 Å². The Kier molecular flexibility index (Phi) is 3.58. The number of alkyl halides is 3. The normalized spacial score (nSPS) is 16.5. The summed E-state index contributed by atoms with van der Waals surface area (Å²) in [7, 11) is 1.79. The minimum atomic E-state index is -4.51. The van der Waals surface area contributed by atoms with E-state index in [4.69, 9.17) is 0 Å². The molecule has 0 fully saturated rings. The van der Waals surface area contributed by atoms with Crippen molar-refractivity contribution in [2.45, 2.75) is 32.4 Å². The topological polar surface area (TPSA) is 32.7 Å². The highest BCUT2D eigenvalue weighted by Crippen LogP contribution is 2.51. The zero-order valence-electron chi connectivity index (χ0n) is 13.2. The summed E-state index contributed by atoms with van der Waals surface area (Å²) in [5.74, 6) is -0.310. The molecule has 0 saturated heterocycles. The molecule has 3 rings (SSSR count). The Morgan fingerprint density at radius 1 is 1.35 bits per heavy atom. The number of hydrogen-bond acceptors (Lipinski definition) is 3. The number of anilines is 1. The van der Waals surface area contributed by atoms with E-state index in [1.54, 1.807) is 20.9 Å². The second-order valence-electron chi connectivity index (χ2n) is 6.21. The second kappa shape index (κ2) is 5.22. The smallest absolute Gasteiger partial charge is 0.370 e. The van der Waals surface area contributed by atoms with Crippen LogP contribution in [0, 0.1) is 0 Å². The summed E-state index contributed by atoms with van der Waals surface area (Å²) in [5, 5.41) is 0. The van der Waals surface area contributed by atoms with Gasteiger partial charge in [0.2, 0.25) is 0 Å². The number of aliphatic imine (C=N–C) groups is 1. The molecule has 23 heavy (non-hydrogen) atoms. The Hall–Kier alpha value is -2.11. The number of carbonyl (C=O) groups excluding carboxylic acids is 1.